The van der Waals surface area contributed by atoms with Crippen LogP contribution in [0.15, 0.2) is 30.3 Å². The highest BCUT2D eigenvalue weighted by molar-refractivity contribution is 8.00. The highest BCUT2D eigenvalue weighted by Gasteiger charge is 2.19. The van der Waals surface area contributed by atoms with Gasteiger partial charge in [0.25, 0.3) is 0 Å². The van der Waals surface area contributed by atoms with Gasteiger partial charge in [-0.2, -0.15) is 25.3 Å². The summed E-state index contributed by atoms with van der Waals surface area (Å²) in [6.07, 6.45) is 4.39. The van der Waals surface area contributed by atoms with Crippen LogP contribution in [0.5, 0.6) is 0 Å². The highest BCUT2D eigenvalue weighted by Crippen LogP contribution is 2.30. The second-order valence-electron chi connectivity index (χ2n) is 3.75. The maximum absolute atomic E-state index is 4.60. The lowest BCUT2D eigenvalue weighted by Crippen LogP contribution is -2.16. The summed E-state index contributed by atoms with van der Waals surface area (Å²) < 4.78 is -0.155. The molecule has 0 saturated heterocycles. The zero-order chi connectivity index (χ0) is 10.4. The zero-order valence-electron chi connectivity index (χ0n) is 8.61. The molecule has 0 amide bonds. The second-order valence-corrected chi connectivity index (χ2v) is 5.81. The van der Waals surface area contributed by atoms with Gasteiger partial charge >= 0.3 is 0 Å². The third kappa shape index (κ3) is 4.43. The molecular formula is C12H18S2. The largest absolute Gasteiger partial charge is 0.161 e. The van der Waals surface area contributed by atoms with Crippen molar-refractivity contribution in [3.05, 3.63) is 35.9 Å². The minimum Gasteiger partial charge on any atom is -0.161 e. The van der Waals surface area contributed by atoms with Crippen LogP contribution in [-0.2, 0) is 6.42 Å². The lowest BCUT2D eigenvalue weighted by molar-refractivity contribution is 0.654. The standard InChI is InChI=1S/C12H18S2/c1-2-3-9-12(13,14)10-11-7-5-4-6-8-11/h4-8,13-14H,2-3,9-10H2,1H3. The van der Waals surface area contributed by atoms with Crippen molar-refractivity contribution in [2.75, 3.05) is 0 Å². The Bertz CT molecular complexity index is 254. The molecule has 1 rings (SSSR count). The topological polar surface area (TPSA) is 0 Å². The Hall–Kier alpha value is -0.0800. The highest BCUT2D eigenvalue weighted by atomic mass is 32.2. The molecule has 0 radical (unpaired) electrons. The van der Waals surface area contributed by atoms with Gasteiger partial charge in [0.05, 0.1) is 4.08 Å². The smallest absolute Gasteiger partial charge is 0.0592 e. The van der Waals surface area contributed by atoms with Gasteiger partial charge < -0.3 is 0 Å². The molecular weight excluding hydrogens is 208 g/mol. The molecule has 0 aliphatic heterocycles. The van der Waals surface area contributed by atoms with Gasteiger partial charge in [0.2, 0.25) is 0 Å². The number of hydrogen-bond donors (Lipinski definition) is 2. The van der Waals surface area contributed by atoms with Crippen LogP contribution >= 0.6 is 25.3 Å². The van der Waals surface area contributed by atoms with E-state index in [1.54, 1.807) is 0 Å². The minimum absolute atomic E-state index is 0.155. The van der Waals surface area contributed by atoms with Crippen molar-refractivity contribution >= 4 is 25.3 Å². The first-order valence-electron chi connectivity index (χ1n) is 5.13. The Kier molecular flexibility index (Phi) is 4.90. The number of unbranched alkanes of at least 4 members (excludes halogenated alkanes) is 1. The predicted octanol–water partition coefficient (Wildman–Crippen LogP) is 3.98. The molecule has 78 valence electrons. The van der Waals surface area contributed by atoms with Crippen molar-refractivity contribution in [3.63, 3.8) is 0 Å². The van der Waals surface area contributed by atoms with Gasteiger partial charge in [-0.15, -0.1) is 0 Å². The van der Waals surface area contributed by atoms with Crippen molar-refractivity contribution < 1.29 is 0 Å². The Morgan fingerprint density at radius 2 is 1.79 bits per heavy atom. The molecule has 0 fully saturated rings. The van der Waals surface area contributed by atoms with Crippen LogP contribution in [0, 0.1) is 0 Å². The SMILES string of the molecule is CCCCC(S)(S)Cc1ccccc1. The summed E-state index contributed by atoms with van der Waals surface area (Å²) in [7, 11) is 0. The van der Waals surface area contributed by atoms with E-state index in [-0.39, 0.29) is 4.08 Å². The van der Waals surface area contributed by atoms with Gasteiger partial charge in [-0.3, -0.25) is 0 Å². The van der Waals surface area contributed by atoms with Crippen LogP contribution in [0.25, 0.3) is 0 Å². The number of hydrogen-bond acceptors (Lipinski definition) is 2. The summed E-state index contributed by atoms with van der Waals surface area (Å²) >= 11 is 9.19. The molecule has 0 aromatic heterocycles. The molecule has 1 aromatic rings. The van der Waals surface area contributed by atoms with Crippen LogP contribution < -0.4 is 0 Å². The van der Waals surface area contributed by atoms with E-state index >= 15 is 0 Å². The van der Waals surface area contributed by atoms with Crippen LogP contribution in [0.2, 0.25) is 0 Å². The molecule has 1 aromatic carbocycles. The molecule has 0 unspecified atom stereocenters. The fraction of sp³-hybridized carbons (Fsp3) is 0.500. The summed E-state index contributed by atoms with van der Waals surface area (Å²) in [6.45, 7) is 2.19. The molecule has 0 bridgehead atoms. The van der Waals surface area contributed by atoms with E-state index in [1.807, 2.05) is 6.07 Å². The van der Waals surface area contributed by atoms with E-state index < -0.39 is 0 Å². The summed E-state index contributed by atoms with van der Waals surface area (Å²) in [5, 5.41) is 0. The quantitative estimate of drug-likeness (QED) is 0.551. The van der Waals surface area contributed by atoms with E-state index in [0.717, 1.165) is 12.8 Å². The van der Waals surface area contributed by atoms with E-state index in [9.17, 15) is 0 Å². The summed E-state index contributed by atoms with van der Waals surface area (Å²) in [5.41, 5.74) is 1.31. The zero-order valence-corrected chi connectivity index (χ0v) is 10.4. The molecule has 0 atom stereocenters. The average molecular weight is 226 g/mol. The molecule has 0 nitrogen and oxygen atoms in total. The van der Waals surface area contributed by atoms with Gasteiger partial charge in [0.1, 0.15) is 0 Å². The molecule has 0 aliphatic rings. The molecule has 2 heteroatoms. The van der Waals surface area contributed by atoms with Gasteiger partial charge in [-0.05, 0) is 18.4 Å². The predicted molar refractivity (Wildman–Crippen MR) is 70.4 cm³/mol. The van der Waals surface area contributed by atoms with Gasteiger partial charge in [0, 0.05) is 0 Å². The molecule has 14 heavy (non-hydrogen) atoms. The van der Waals surface area contributed by atoms with Crippen molar-refractivity contribution in [1.82, 2.24) is 0 Å². The maximum atomic E-state index is 4.60. The number of rotatable bonds is 5. The van der Waals surface area contributed by atoms with E-state index in [4.69, 9.17) is 0 Å². The van der Waals surface area contributed by atoms with E-state index in [1.165, 1.54) is 18.4 Å². The molecule has 0 N–H and O–H groups in total. The lowest BCUT2D eigenvalue weighted by Gasteiger charge is -2.22. The van der Waals surface area contributed by atoms with E-state index in [0.29, 0.717) is 0 Å². The monoisotopic (exact) mass is 226 g/mol. The van der Waals surface area contributed by atoms with Crippen molar-refractivity contribution in [3.8, 4) is 0 Å². The van der Waals surface area contributed by atoms with Crippen LogP contribution in [0.1, 0.15) is 31.7 Å². The van der Waals surface area contributed by atoms with E-state index in [2.05, 4.69) is 56.4 Å². The number of benzene rings is 1. The van der Waals surface area contributed by atoms with Crippen molar-refractivity contribution in [2.45, 2.75) is 36.7 Å². The minimum atomic E-state index is -0.155. The first kappa shape index (κ1) is 12.0. The lowest BCUT2D eigenvalue weighted by atomic mass is 10.1. The summed E-state index contributed by atoms with van der Waals surface area (Å²) in [5.74, 6) is 0. The van der Waals surface area contributed by atoms with Crippen molar-refractivity contribution in [1.29, 1.82) is 0 Å². The van der Waals surface area contributed by atoms with Gasteiger partial charge in [0.15, 0.2) is 0 Å². The fourth-order valence-corrected chi connectivity index (χ4v) is 2.15. The van der Waals surface area contributed by atoms with Crippen LogP contribution in [-0.4, -0.2) is 4.08 Å². The molecule has 0 aliphatic carbocycles. The first-order chi connectivity index (χ1) is 6.64. The first-order valence-corrected chi connectivity index (χ1v) is 6.02. The Morgan fingerprint density at radius 3 is 2.36 bits per heavy atom. The molecule has 0 saturated carbocycles. The second kappa shape index (κ2) is 5.72. The fourth-order valence-electron chi connectivity index (χ4n) is 1.47. The third-order valence-electron chi connectivity index (χ3n) is 2.26. The van der Waals surface area contributed by atoms with Gasteiger partial charge in [-0.1, -0.05) is 50.1 Å². The van der Waals surface area contributed by atoms with Crippen molar-refractivity contribution in [2.24, 2.45) is 0 Å². The molecule has 0 heterocycles. The maximum Gasteiger partial charge on any atom is 0.0592 e. The Balaban J connectivity index is 2.50. The normalized spacial score (nSPS) is 11.6. The summed E-state index contributed by atoms with van der Waals surface area (Å²) in [4.78, 5) is 0. The Morgan fingerprint density at radius 1 is 1.14 bits per heavy atom. The average Bonchev–Trinajstić information content (AvgIpc) is 2.16. The third-order valence-corrected chi connectivity index (χ3v) is 3.02. The molecule has 0 spiro atoms. The van der Waals surface area contributed by atoms with Crippen LogP contribution in [0.3, 0.4) is 0 Å². The Labute approximate surface area is 97.9 Å². The van der Waals surface area contributed by atoms with Gasteiger partial charge in [-0.25, -0.2) is 0 Å². The van der Waals surface area contributed by atoms with Crippen LogP contribution in [0.4, 0.5) is 0 Å². The number of thiol groups is 2. The summed E-state index contributed by atoms with van der Waals surface area (Å²) in [6, 6.07) is 10.4.